The Bertz CT molecular complexity index is 765. The number of benzene rings is 1. The summed E-state index contributed by atoms with van der Waals surface area (Å²) in [6, 6.07) is 8.83. The first kappa shape index (κ1) is 12.6. The van der Waals surface area contributed by atoms with Crippen LogP contribution in [0.25, 0.3) is 10.9 Å². The van der Waals surface area contributed by atoms with E-state index in [4.69, 9.17) is 22.2 Å². The van der Waals surface area contributed by atoms with Crippen LogP contribution >= 0.6 is 11.6 Å². The van der Waals surface area contributed by atoms with Crippen molar-refractivity contribution in [2.24, 2.45) is 5.84 Å². The quantitative estimate of drug-likeness (QED) is 0.569. The number of hydrogen-bond acceptors (Lipinski definition) is 6. The lowest BCUT2D eigenvalue weighted by Crippen LogP contribution is -2.10. The van der Waals surface area contributed by atoms with Crippen molar-refractivity contribution in [2.75, 3.05) is 5.43 Å². The van der Waals surface area contributed by atoms with Crippen molar-refractivity contribution in [3.8, 4) is 11.6 Å². The summed E-state index contributed by atoms with van der Waals surface area (Å²) in [5, 5.41) is 1.44. The molecule has 2 aromatic heterocycles. The molecule has 0 saturated heterocycles. The van der Waals surface area contributed by atoms with Gasteiger partial charge in [0.2, 0.25) is 11.8 Å². The number of aromatic nitrogens is 3. The van der Waals surface area contributed by atoms with Gasteiger partial charge in [-0.05, 0) is 24.3 Å². The summed E-state index contributed by atoms with van der Waals surface area (Å²) < 4.78 is 5.72. The van der Waals surface area contributed by atoms with E-state index < -0.39 is 0 Å². The number of nitrogen functional groups attached to an aromatic ring is 1. The highest BCUT2D eigenvalue weighted by molar-refractivity contribution is 6.35. The number of pyridine rings is 1. The number of fused-ring (bicyclic) bond motifs is 1. The van der Waals surface area contributed by atoms with Gasteiger partial charge in [-0.15, -0.1) is 0 Å². The molecule has 0 unspecified atom stereocenters. The molecule has 3 rings (SSSR count). The van der Waals surface area contributed by atoms with E-state index in [-0.39, 0.29) is 5.95 Å². The lowest BCUT2D eigenvalue weighted by molar-refractivity contribution is 0.466. The molecule has 2 heterocycles. The maximum atomic E-state index is 6.13. The van der Waals surface area contributed by atoms with E-state index in [1.54, 1.807) is 30.6 Å². The van der Waals surface area contributed by atoms with Crippen LogP contribution in [-0.2, 0) is 0 Å². The van der Waals surface area contributed by atoms with Crippen LogP contribution in [0.1, 0.15) is 0 Å². The summed E-state index contributed by atoms with van der Waals surface area (Å²) in [4.78, 5) is 12.3. The number of rotatable bonds is 3. The monoisotopic (exact) mass is 287 g/mol. The van der Waals surface area contributed by atoms with Crippen molar-refractivity contribution in [1.82, 2.24) is 15.0 Å². The van der Waals surface area contributed by atoms with E-state index in [1.165, 1.54) is 0 Å². The lowest BCUT2D eigenvalue weighted by atomic mass is 10.2. The van der Waals surface area contributed by atoms with Crippen LogP contribution in [0.4, 0.5) is 5.95 Å². The maximum Gasteiger partial charge on any atom is 0.240 e. The van der Waals surface area contributed by atoms with E-state index in [1.807, 2.05) is 12.1 Å². The van der Waals surface area contributed by atoms with Gasteiger partial charge in [0.25, 0.3) is 0 Å². The normalized spacial score (nSPS) is 10.5. The molecule has 0 atom stereocenters. The number of hydrogen-bond donors (Lipinski definition) is 2. The van der Waals surface area contributed by atoms with Crippen LogP contribution in [0.15, 0.2) is 42.7 Å². The molecular formula is C13H10ClN5O. The Hall–Kier alpha value is -2.44. The van der Waals surface area contributed by atoms with Gasteiger partial charge in [-0.2, -0.15) is 4.98 Å². The first-order chi connectivity index (χ1) is 9.78. The summed E-state index contributed by atoms with van der Waals surface area (Å²) in [7, 11) is 0. The number of nitrogens with two attached hydrogens (primary N) is 1. The minimum absolute atomic E-state index is 0.272. The molecule has 0 aliphatic heterocycles. The Morgan fingerprint density at radius 2 is 2.00 bits per heavy atom. The summed E-state index contributed by atoms with van der Waals surface area (Å²) in [6.45, 7) is 0. The zero-order chi connectivity index (χ0) is 13.9. The highest BCUT2D eigenvalue weighted by Gasteiger charge is 2.08. The second kappa shape index (κ2) is 5.28. The lowest BCUT2D eigenvalue weighted by Gasteiger charge is -2.08. The van der Waals surface area contributed by atoms with Gasteiger partial charge >= 0.3 is 0 Å². The van der Waals surface area contributed by atoms with E-state index in [0.29, 0.717) is 22.2 Å². The van der Waals surface area contributed by atoms with E-state index in [0.717, 1.165) is 5.39 Å². The van der Waals surface area contributed by atoms with Gasteiger partial charge in [0.1, 0.15) is 5.52 Å². The average molecular weight is 288 g/mol. The third-order valence-electron chi connectivity index (χ3n) is 2.65. The molecule has 6 nitrogen and oxygen atoms in total. The summed E-state index contributed by atoms with van der Waals surface area (Å²) >= 11 is 6.13. The summed E-state index contributed by atoms with van der Waals surface area (Å²) in [6.07, 6.45) is 3.22. The van der Waals surface area contributed by atoms with Crippen LogP contribution in [0.5, 0.6) is 11.6 Å². The van der Waals surface area contributed by atoms with E-state index in [2.05, 4.69) is 20.4 Å². The number of nitrogens with zero attached hydrogens (tertiary/aromatic N) is 3. The molecule has 0 spiro atoms. The fraction of sp³-hybridized carbons (Fsp3) is 0. The topological polar surface area (TPSA) is 86.0 Å². The highest BCUT2D eigenvalue weighted by atomic mass is 35.5. The fourth-order valence-electron chi connectivity index (χ4n) is 1.78. The molecule has 0 fully saturated rings. The second-order valence-electron chi connectivity index (χ2n) is 3.91. The molecule has 1 aromatic carbocycles. The van der Waals surface area contributed by atoms with Crippen molar-refractivity contribution in [3.63, 3.8) is 0 Å². The molecule has 0 bridgehead atoms. The molecule has 0 aliphatic rings. The van der Waals surface area contributed by atoms with Crippen molar-refractivity contribution in [2.45, 2.75) is 0 Å². The first-order valence-corrected chi connectivity index (χ1v) is 6.16. The highest BCUT2D eigenvalue weighted by Crippen LogP contribution is 2.32. The summed E-state index contributed by atoms with van der Waals surface area (Å²) in [5.74, 6) is 6.46. The molecule has 0 aliphatic carbocycles. The van der Waals surface area contributed by atoms with Gasteiger partial charge in [-0.1, -0.05) is 11.6 Å². The largest absolute Gasteiger partial charge is 0.437 e. The van der Waals surface area contributed by atoms with E-state index >= 15 is 0 Å². The molecule has 20 heavy (non-hydrogen) atoms. The van der Waals surface area contributed by atoms with Gasteiger partial charge in [0.05, 0.1) is 5.02 Å². The van der Waals surface area contributed by atoms with Crippen LogP contribution in [0, 0.1) is 0 Å². The smallest absolute Gasteiger partial charge is 0.240 e. The molecule has 0 amide bonds. The average Bonchev–Trinajstić information content (AvgIpc) is 2.51. The summed E-state index contributed by atoms with van der Waals surface area (Å²) in [5.41, 5.74) is 3.03. The third kappa shape index (κ3) is 2.34. The molecular weight excluding hydrogens is 278 g/mol. The van der Waals surface area contributed by atoms with Crippen molar-refractivity contribution in [3.05, 3.63) is 47.7 Å². The number of hydrazine groups is 1. The Morgan fingerprint density at radius 1 is 1.10 bits per heavy atom. The Kier molecular flexibility index (Phi) is 3.32. The SMILES string of the molecule is NNc1nccc(Oc2ccc(Cl)c3cccnc23)n1. The van der Waals surface area contributed by atoms with Gasteiger partial charge < -0.3 is 4.74 Å². The Labute approximate surface area is 119 Å². The zero-order valence-corrected chi connectivity index (χ0v) is 11.0. The van der Waals surface area contributed by atoms with Crippen LogP contribution in [0.3, 0.4) is 0 Å². The molecule has 100 valence electrons. The zero-order valence-electron chi connectivity index (χ0n) is 10.2. The number of halogens is 1. The number of anilines is 1. The second-order valence-corrected chi connectivity index (χ2v) is 4.32. The minimum atomic E-state index is 0.272. The first-order valence-electron chi connectivity index (χ1n) is 5.78. The van der Waals surface area contributed by atoms with Crippen LogP contribution in [0.2, 0.25) is 5.02 Å². The van der Waals surface area contributed by atoms with Gasteiger partial charge in [-0.3, -0.25) is 10.4 Å². The predicted molar refractivity (Wildman–Crippen MR) is 76.7 cm³/mol. The van der Waals surface area contributed by atoms with Crippen LogP contribution in [-0.4, -0.2) is 15.0 Å². The van der Waals surface area contributed by atoms with Gasteiger partial charge in [0, 0.05) is 23.8 Å². The van der Waals surface area contributed by atoms with Crippen molar-refractivity contribution in [1.29, 1.82) is 0 Å². The van der Waals surface area contributed by atoms with Gasteiger partial charge in [0.15, 0.2) is 5.75 Å². The van der Waals surface area contributed by atoms with Crippen LogP contribution < -0.4 is 16.0 Å². The minimum Gasteiger partial charge on any atom is -0.437 e. The Morgan fingerprint density at radius 3 is 2.85 bits per heavy atom. The van der Waals surface area contributed by atoms with Crippen molar-refractivity contribution < 1.29 is 4.74 Å². The Balaban J connectivity index is 2.04. The van der Waals surface area contributed by atoms with Crippen molar-refractivity contribution >= 4 is 28.5 Å². The molecule has 0 saturated carbocycles. The molecule has 0 radical (unpaired) electrons. The fourth-order valence-corrected chi connectivity index (χ4v) is 1.99. The maximum absolute atomic E-state index is 6.13. The number of ether oxygens (including phenoxy) is 1. The molecule has 3 aromatic rings. The number of nitrogens with one attached hydrogen (secondary N) is 1. The van der Waals surface area contributed by atoms with Gasteiger partial charge in [-0.25, -0.2) is 10.8 Å². The molecule has 7 heteroatoms. The standard InChI is InChI=1S/C13H10ClN5O/c14-9-3-4-10(12-8(9)2-1-6-16-12)20-11-5-7-17-13(18-11)19-15/h1-7H,15H2,(H,17,18,19). The van der Waals surface area contributed by atoms with E-state index in [9.17, 15) is 0 Å². The molecule has 3 N–H and O–H groups in total. The third-order valence-corrected chi connectivity index (χ3v) is 2.98. The predicted octanol–water partition coefficient (Wildman–Crippen LogP) is 2.76.